The number of hydrogen-bond donors (Lipinski definition) is 1. The molecule has 78 valence electrons. The Bertz CT molecular complexity index is 497. The predicted molar refractivity (Wildman–Crippen MR) is 68.6 cm³/mol. The molecule has 0 unspecified atom stereocenters. The van der Waals surface area contributed by atoms with Gasteiger partial charge in [-0.3, -0.25) is 0 Å². The summed E-state index contributed by atoms with van der Waals surface area (Å²) < 4.78 is 0. The lowest BCUT2D eigenvalue weighted by molar-refractivity contribution is 0.480. The zero-order valence-electron chi connectivity index (χ0n) is 9.41. The van der Waals surface area contributed by atoms with E-state index in [1.165, 1.54) is 5.39 Å². The summed E-state index contributed by atoms with van der Waals surface area (Å²) in [5, 5.41) is 13.4. The fraction of sp³-hybridized carbons (Fsp3) is 0.231. The van der Waals surface area contributed by atoms with E-state index in [2.05, 4.69) is 31.8 Å². The van der Waals surface area contributed by atoms with Gasteiger partial charge in [0.2, 0.25) is 0 Å². The zero-order chi connectivity index (χ0) is 11.1. The van der Waals surface area contributed by atoms with E-state index in [9.17, 15) is 5.11 Å². The molecule has 1 nitrogen and oxygen atoms in total. The van der Waals surface area contributed by atoms with E-state index in [0.717, 1.165) is 10.6 Å². The van der Waals surface area contributed by atoms with Crippen LogP contribution in [0, 0.1) is 0 Å². The number of rotatable bonds is 1. The van der Waals surface area contributed by atoms with E-state index in [-0.39, 0.29) is 0 Å². The Kier molecular flexibility index (Phi) is 2.31. The van der Waals surface area contributed by atoms with Gasteiger partial charge in [0.25, 0.3) is 0 Å². The molecular weight excluding hydrogens is 200 g/mol. The van der Waals surface area contributed by atoms with Crippen LogP contribution in [0.1, 0.15) is 0 Å². The van der Waals surface area contributed by atoms with Crippen molar-refractivity contribution in [3.63, 3.8) is 0 Å². The van der Waals surface area contributed by atoms with E-state index in [0.29, 0.717) is 5.75 Å². The van der Waals surface area contributed by atoms with Crippen molar-refractivity contribution in [3.05, 3.63) is 36.4 Å². The number of hydrogen-bond acceptors (Lipinski definition) is 1. The molecule has 2 aromatic rings. The summed E-state index contributed by atoms with van der Waals surface area (Å²) in [5.74, 6) is 0.452. The van der Waals surface area contributed by atoms with Gasteiger partial charge >= 0.3 is 0 Å². The van der Waals surface area contributed by atoms with Crippen molar-refractivity contribution in [1.29, 1.82) is 0 Å². The third-order valence-corrected chi connectivity index (χ3v) is 4.69. The van der Waals surface area contributed by atoms with E-state index in [1.807, 2.05) is 24.3 Å². The van der Waals surface area contributed by atoms with Crippen LogP contribution < -0.4 is 5.19 Å². The van der Waals surface area contributed by atoms with Crippen molar-refractivity contribution in [3.8, 4) is 5.75 Å². The second-order valence-electron chi connectivity index (χ2n) is 4.97. The lowest BCUT2D eigenvalue weighted by Gasteiger charge is -2.18. The Morgan fingerprint density at radius 2 is 1.47 bits per heavy atom. The molecule has 1 N–H and O–H groups in total. The first-order valence-electron chi connectivity index (χ1n) is 5.21. The van der Waals surface area contributed by atoms with Crippen molar-refractivity contribution < 1.29 is 5.11 Å². The molecule has 0 bridgehead atoms. The Labute approximate surface area is 91.4 Å². The first-order chi connectivity index (χ1) is 6.98. The molecule has 2 heteroatoms. The van der Waals surface area contributed by atoms with Crippen LogP contribution in [0.3, 0.4) is 0 Å². The van der Waals surface area contributed by atoms with E-state index in [1.54, 1.807) is 0 Å². The molecule has 0 spiro atoms. The lowest BCUT2D eigenvalue weighted by Crippen LogP contribution is -2.37. The average Bonchev–Trinajstić information content (AvgIpc) is 2.15. The molecule has 0 fully saturated rings. The average molecular weight is 216 g/mol. The highest BCUT2D eigenvalue weighted by atomic mass is 28.3. The van der Waals surface area contributed by atoms with Crippen LogP contribution in [0.2, 0.25) is 19.6 Å². The SMILES string of the molecule is C[Si](C)(C)c1cc2ccccc2cc1O. The third kappa shape index (κ3) is 1.90. The molecule has 2 rings (SSSR count). The molecule has 0 saturated carbocycles. The van der Waals surface area contributed by atoms with Gasteiger partial charge in [-0.25, -0.2) is 0 Å². The number of phenols is 1. The summed E-state index contributed by atoms with van der Waals surface area (Å²) in [5.41, 5.74) is 0. The van der Waals surface area contributed by atoms with Gasteiger partial charge in [0.15, 0.2) is 0 Å². The van der Waals surface area contributed by atoms with E-state index >= 15 is 0 Å². The fourth-order valence-corrected chi connectivity index (χ4v) is 3.26. The maximum absolute atomic E-state index is 9.98. The minimum Gasteiger partial charge on any atom is -0.508 e. The predicted octanol–water partition coefficient (Wildman–Crippen LogP) is 3.09. The van der Waals surface area contributed by atoms with Crippen molar-refractivity contribution in [2.45, 2.75) is 19.6 Å². The molecule has 0 saturated heterocycles. The number of phenolic OH excluding ortho intramolecular Hbond substituents is 1. The zero-order valence-corrected chi connectivity index (χ0v) is 10.4. The Morgan fingerprint density at radius 1 is 0.933 bits per heavy atom. The molecular formula is C13H16OSi. The Balaban J connectivity index is 2.73. The monoisotopic (exact) mass is 216 g/mol. The quantitative estimate of drug-likeness (QED) is 0.726. The van der Waals surface area contributed by atoms with Crippen molar-refractivity contribution in [2.75, 3.05) is 0 Å². The van der Waals surface area contributed by atoms with Crippen molar-refractivity contribution >= 4 is 24.0 Å². The van der Waals surface area contributed by atoms with Crippen LogP contribution in [0.4, 0.5) is 0 Å². The maximum Gasteiger partial charge on any atom is 0.115 e. The molecule has 0 atom stereocenters. The van der Waals surface area contributed by atoms with Crippen molar-refractivity contribution in [2.24, 2.45) is 0 Å². The van der Waals surface area contributed by atoms with Crippen LogP contribution in [-0.4, -0.2) is 13.2 Å². The van der Waals surface area contributed by atoms with Gasteiger partial charge in [0.05, 0.1) is 8.07 Å². The number of benzene rings is 2. The highest BCUT2D eigenvalue weighted by molar-refractivity contribution is 6.89. The van der Waals surface area contributed by atoms with Gasteiger partial charge in [0, 0.05) is 0 Å². The molecule has 0 heterocycles. The second kappa shape index (κ2) is 3.38. The summed E-state index contributed by atoms with van der Waals surface area (Å²) >= 11 is 0. The number of fused-ring (bicyclic) bond motifs is 1. The molecule has 0 radical (unpaired) electrons. The van der Waals surface area contributed by atoms with E-state index in [4.69, 9.17) is 0 Å². The maximum atomic E-state index is 9.98. The summed E-state index contributed by atoms with van der Waals surface area (Å²) in [6.07, 6.45) is 0. The largest absolute Gasteiger partial charge is 0.508 e. The van der Waals surface area contributed by atoms with Crippen LogP contribution in [0.15, 0.2) is 36.4 Å². The first-order valence-corrected chi connectivity index (χ1v) is 8.71. The molecule has 2 aromatic carbocycles. The van der Waals surface area contributed by atoms with E-state index < -0.39 is 8.07 Å². The van der Waals surface area contributed by atoms with Gasteiger partial charge in [0.1, 0.15) is 5.75 Å². The topological polar surface area (TPSA) is 20.2 Å². The molecule has 15 heavy (non-hydrogen) atoms. The lowest BCUT2D eigenvalue weighted by atomic mass is 10.1. The van der Waals surface area contributed by atoms with Crippen LogP contribution in [-0.2, 0) is 0 Å². The van der Waals surface area contributed by atoms with Crippen molar-refractivity contribution in [1.82, 2.24) is 0 Å². The minimum absolute atomic E-state index is 0.452. The van der Waals surface area contributed by atoms with Gasteiger partial charge in [-0.2, -0.15) is 0 Å². The fourth-order valence-electron chi connectivity index (χ4n) is 1.83. The molecule has 0 aliphatic carbocycles. The van der Waals surface area contributed by atoms with Gasteiger partial charge < -0.3 is 5.11 Å². The van der Waals surface area contributed by atoms with Gasteiger partial charge in [-0.05, 0) is 22.0 Å². The van der Waals surface area contributed by atoms with Gasteiger partial charge in [-0.15, -0.1) is 0 Å². The van der Waals surface area contributed by atoms with Crippen LogP contribution in [0.25, 0.3) is 10.8 Å². The highest BCUT2D eigenvalue weighted by Gasteiger charge is 2.20. The van der Waals surface area contributed by atoms with Gasteiger partial charge in [-0.1, -0.05) is 50.0 Å². The normalized spacial score (nSPS) is 11.9. The minimum atomic E-state index is -1.45. The summed E-state index contributed by atoms with van der Waals surface area (Å²) in [6.45, 7) is 6.74. The number of aromatic hydroxyl groups is 1. The Morgan fingerprint density at radius 3 is 2.00 bits per heavy atom. The Hall–Kier alpha value is -1.28. The standard InChI is InChI=1S/C13H16OSi/c1-15(2,3)13-9-11-7-5-4-6-10(11)8-12(13)14/h4-9,14H,1-3H3. The molecule has 0 aliphatic heterocycles. The first kappa shape index (κ1) is 10.2. The summed E-state index contributed by atoms with van der Waals surface area (Å²) in [6, 6.07) is 12.2. The second-order valence-corrected chi connectivity index (χ2v) is 10.0. The third-order valence-electron chi connectivity index (χ3n) is 2.67. The molecule has 0 amide bonds. The summed E-state index contributed by atoms with van der Waals surface area (Å²) in [7, 11) is -1.45. The smallest absolute Gasteiger partial charge is 0.115 e. The highest BCUT2D eigenvalue weighted by Crippen LogP contribution is 2.21. The van der Waals surface area contributed by atoms with Crippen LogP contribution >= 0.6 is 0 Å². The molecule has 0 aliphatic rings. The van der Waals surface area contributed by atoms with Crippen LogP contribution in [0.5, 0.6) is 5.75 Å². The molecule has 0 aromatic heterocycles. The summed E-state index contributed by atoms with van der Waals surface area (Å²) in [4.78, 5) is 0.